The molecule has 20 heavy (non-hydrogen) atoms. The molecule has 100 valence electrons. The Morgan fingerprint density at radius 3 is 2.55 bits per heavy atom. The molecule has 0 aromatic heterocycles. The maximum absolute atomic E-state index is 12.4. The molecular formula is C16H12ClNO2. The fourth-order valence-electron chi connectivity index (χ4n) is 1.89. The first-order chi connectivity index (χ1) is 9.65. The van der Waals surface area contributed by atoms with Gasteiger partial charge in [0.15, 0.2) is 5.78 Å². The van der Waals surface area contributed by atoms with E-state index >= 15 is 0 Å². The summed E-state index contributed by atoms with van der Waals surface area (Å²) in [5.74, 6) is -0.490. The van der Waals surface area contributed by atoms with Crippen LogP contribution in [-0.4, -0.2) is 12.9 Å². The lowest BCUT2D eigenvalue weighted by molar-refractivity contribution is 0.0979. The zero-order chi connectivity index (χ0) is 14.5. The van der Waals surface area contributed by atoms with Gasteiger partial charge in [0.05, 0.1) is 13.2 Å². The number of nitriles is 1. The molecule has 0 aliphatic heterocycles. The summed E-state index contributed by atoms with van der Waals surface area (Å²) in [7, 11) is 1.54. The number of ether oxygens (including phenoxy) is 1. The molecule has 0 fully saturated rings. The van der Waals surface area contributed by atoms with Gasteiger partial charge in [-0.25, -0.2) is 0 Å². The van der Waals surface area contributed by atoms with Crippen molar-refractivity contribution in [3.63, 3.8) is 0 Å². The van der Waals surface area contributed by atoms with Crippen LogP contribution < -0.4 is 4.74 Å². The summed E-state index contributed by atoms with van der Waals surface area (Å²) in [6.07, 6.45) is 0. The summed E-state index contributed by atoms with van der Waals surface area (Å²) >= 11 is 5.79. The molecular weight excluding hydrogens is 274 g/mol. The maximum Gasteiger partial charge on any atom is 0.184 e. The molecule has 0 radical (unpaired) electrons. The van der Waals surface area contributed by atoms with E-state index in [1.165, 1.54) is 0 Å². The number of rotatable bonds is 4. The largest absolute Gasteiger partial charge is 0.497 e. The number of Topliss-reactive ketones (excluding diaryl/α,β-unsaturated/α-hetero) is 1. The fourth-order valence-corrected chi connectivity index (χ4v) is 2.01. The fraction of sp³-hybridized carbons (Fsp3) is 0.125. The molecule has 0 amide bonds. The molecule has 0 spiro atoms. The number of carbonyl (C=O) groups excluding carboxylic acids is 1. The van der Waals surface area contributed by atoms with Gasteiger partial charge in [-0.15, -0.1) is 0 Å². The number of carbonyl (C=O) groups is 1. The van der Waals surface area contributed by atoms with Gasteiger partial charge >= 0.3 is 0 Å². The molecule has 2 aromatic carbocycles. The summed E-state index contributed by atoms with van der Waals surface area (Å²) in [4.78, 5) is 12.4. The average Bonchev–Trinajstić information content (AvgIpc) is 2.49. The normalized spacial score (nSPS) is 11.4. The van der Waals surface area contributed by atoms with Crippen molar-refractivity contribution in [3.05, 3.63) is 64.7 Å². The van der Waals surface area contributed by atoms with Crippen LogP contribution in [0, 0.1) is 11.3 Å². The third kappa shape index (κ3) is 2.98. The second-order valence-electron chi connectivity index (χ2n) is 4.21. The molecule has 1 unspecified atom stereocenters. The van der Waals surface area contributed by atoms with Gasteiger partial charge in [0.2, 0.25) is 0 Å². The van der Waals surface area contributed by atoms with Crippen molar-refractivity contribution in [3.8, 4) is 11.8 Å². The van der Waals surface area contributed by atoms with Crippen LogP contribution >= 0.6 is 11.6 Å². The molecule has 2 aromatic rings. The molecule has 0 bridgehead atoms. The second-order valence-corrected chi connectivity index (χ2v) is 4.65. The lowest BCUT2D eigenvalue weighted by Crippen LogP contribution is -2.11. The van der Waals surface area contributed by atoms with Crippen LogP contribution in [0.25, 0.3) is 0 Å². The Bertz CT molecular complexity index is 659. The number of halogens is 1. The highest BCUT2D eigenvalue weighted by Crippen LogP contribution is 2.24. The van der Waals surface area contributed by atoms with Gasteiger partial charge < -0.3 is 4.74 Å². The Balaban J connectivity index is 2.34. The van der Waals surface area contributed by atoms with Crippen LogP contribution in [0.1, 0.15) is 21.8 Å². The average molecular weight is 286 g/mol. The Morgan fingerprint density at radius 1 is 1.25 bits per heavy atom. The summed E-state index contributed by atoms with van der Waals surface area (Å²) in [5.41, 5.74) is 1.08. The Kier molecular flexibility index (Phi) is 4.39. The van der Waals surface area contributed by atoms with E-state index in [0.717, 1.165) is 0 Å². The Morgan fingerprint density at radius 2 is 1.95 bits per heavy atom. The summed E-state index contributed by atoms with van der Waals surface area (Å²) < 4.78 is 5.11. The number of ketones is 1. The first-order valence-electron chi connectivity index (χ1n) is 5.99. The molecule has 0 heterocycles. The van der Waals surface area contributed by atoms with E-state index in [4.69, 9.17) is 16.3 Å². The molecule has 1 atom stereocenters. The smallest absolute Gasteiger partial charge is 0.184 e. The monoisotopic (exact) mass is 285 g/mol. The van der Waals surface area contributed by atoms with Gasteiger partial charge in [-0.1, -0.05) is 23.7 Å². The number of hydrogen-bond acceptors (Lipinski definition) is 3. The van der Waals surface area contributed by atoms with E-state index in [9.17, 15) is 10.1 Å². The van der Waals surface area contributed by atoms with Gasteiger partial charge in [0.25, 0.3) is 0 Å². The van der Waals surface area contributed by atoms with Crippen LogP contribution in [0.15, 0.2) is 48.5 Å². The number of methoxy groups -OCH3 is 1. The van der Waals surface area contributed by atoms with Crippen LogP contribution in [0.2, 0.25) is 5.02 Å². The highest BCUT2D eigenvalue weighted by Gasteiger charge is 2.22. The van der Waals surface area contributed by atoms with Crippen molar-refractivity contribution in [2.24, 2.45) is 0 Å². The Hall–Kier alpha value is -2.31. The van der Waals surface area contributed by atoms with Crippen molar-refractivity contribution in [1.29, 1.82) is 5.26 Å². The van der Waals surface area contributed by atoms with Crippen molar-refractivity contribution < 1.29 is 9.53 Å². The van der Waals surface area contributed by atoms with Crippen LogP contribution in [0.5, 0.6) is 5.75 Å². The number of hydrogen-bond donors (Lipinski definition) is 0. The zero-order valence-corrected chi connectivity index (χ0v) is 11.6. The van der Waals surface area contributed by atoms with E-state index in [1.54, 1.807) is 55.6 Å². The standard InChI is InChI=1S/C16H12ClNO2/c1-20-14-4-2-3-12(9-14)15(10-18)16(19)11-5-7-13(17)8-6-11/h2-9,15H,1H3. The molecule has 0 saturated heterocycles. The topological polar surface area (TPSA) is 50.1 Å². The maximum atomic E-state index is 12.4. The van der Waals surface area contributed by atoms with Crippen LogP contribution in [0.4, 0.5) is 0 Å². The number of benzene rings is 2. The minimum absolute atomic E-state index is 0.252. The number of nitrogens with zero attached hydrogens (tertiary/aromatic N) is 1. The quantitative estimate of drug-likeness (QED) is 0.802. The third-order valence-electron chi connectivity index (χ3n) is 2.95. The summed E-state index contributed by atoms with van der Waals surface area (Å²) in [6, 6.07) is 15.5. The zero-order valence-electron chi connectivity index (χ0n) is 10.8. The van der Waals surface area contributed by atoms with Gasteiger partial charge in [0, 0.05) is 10.6 Å². The molecule has 0 saturated carbocycles. The van der Waals surface area contributed by atoms with E-state index < -0.39 is 5.92 Å². The van der Waals surface area contributed by atoms with Gasteiger partial charge in [-0.2, -0.15) is 5.26 Å². The van der Waals surface area contributed by atoms with Gasteiger partial charge in [-0.05, 0) is 42.0 Å². The first-order valence-corrected chi connectivity index (χ1v) is 6.37. The molecule has 4 heteroatoms. The highest BCUT2D eigenvalue weighted by molar-refractivity contribution is 6.30. The van der Waals surface area contributed by atoms with Gasteiger partial charge in [0.1, 0.15) is 11.7 Å². The molecule has 0 N–H and O–H groups in total. The van der Waals surface area contributed by atoms with Crippen LogP contribution in [-0.2, 0) is 0 Å². The Labute approximate surface area is 122 Å². The predicted octanol–water partition coefficient (Wildman–Crippen LogP) is 3.84. The summed E-state index contributed by atoms with van der Waals surface area (Å²) in [5, 5.41) is 9.84. The van der Waals surface area contributed by atoms with Gasteiger partial charge in [-0.3, -0.25) is 4.79 Å². The minimum Gasteiger partial charge on any atom is -0.497 e. The van der Waals surface area contributed by atoms with E-state index in [-0.39, 0.29) is 5.78 Å². The van der Waals surface area contributed by atoms with Crippen molar-refractivity contribution in [1.82, 2.24) is 0 Å². The lowest BCUT2D eigenvalue weighted by atomic mass is 9.92. The first kappa shape index (κ1) is 14.1. The van der Waals surface area contributed by atoms with E-state index in [0.29, 0.717) is 21.9 Å². The van der Waals surface area contributed by atoms with E-state index in [2.05, 4.69) is 0 Å². The molecule has 3 nitrogen and oxygen atoms in total. The lowest BCUT2D eigenvalue weighted by Gasteiger charge is -2.10. The van der Waals surface area contributed by atoms with Crippen molar-refractivity contribution in [2.45, 2.75) is 5.92 Å². The van der Waals surface area contributed by atoms with Crippen molar-refractivity contribution >= 4 is 17.4 Å². The minimum atomic E-state index is -0.855. The molecule has 2 rings (SSSR count). The molecule has 0 aliphatic carbocycles. The molecule has 0 aliphatic rings. The van der Waals surface area contributed by atoms with E-state index in [1.807, 2.05) is 6.07 Å². The predicted molar refractivity (Wildman–Crippen MR) is 77.1 cm³/mol. The highest BCUT2D eigenvalue weighted by atomic mass is 35.5. The third-order valence-corrected chi connectivity index (χ3v) is 3.20. The van der Waals surface area contributed by atoms with Crippen molar-refractivity contribution in [2.75, 3.05) is 7.11 Å². The van der Waals surface area contributed by atoms with Crippen LogP contribution in [0.3, 0.4) is 0 Å². The SMILES string of the molecule is COc1cccc(C(C#N)C(=O)c2ccc(Cl)cc2)c1. The summed E-state index contributed by atoms with van der Waals surface area (Å²) in [6.45, 7) is 0. The second kappa shape index (κ2) is 6.23.